The van der Waals surface area contributed by atoms with Crippen LogP contribution in [0.2, 0.25) is 0 Å². The fourth-order valence-corrected chi connectivity index (χ4v) is 2.19. The van der Waals surface area contributed by atoms with E-state index >= 15 is 0 Å². The Kier molecular flexibility index (Phi) is 3.57. The van der Waals surface area contributed by atoms with E-state index in [1.54, 1.807) is 0 Å². The number of hydrogen-bond acceptors (Lipinski definition) is 4. The standard InChI is InChI=1S/C15H11F2N3O3/c1-23-13-6-8(2-5-12(13)21)14-18-19-15(22)20(14)11-4-3-9(16)7-10(11)17/h2-7,21H,1H3,(H,19,22). The highest BCUT2D eigenvalue weighted by Gasteiger charge is 2.17. The lowest BCUT2D eigenvalue weighted by Crippen LogP contribution is -2.17. The summed E-state index contributed by atoms with van der Waals surface area (Å²) in [6.45, 7) is 0. The van der Waals surface area contributed by atoms with Gasteiger partial charge in [-0.1, -0.05) is 0 Å². The predicted octanol–water partition coefficient (Wildman–Crippen LogP) is 2.22. The lowest BCUT2D eigenvalue weighted by molar-refractivity contribution is 0.373. The third-order valence-corrected chi connectivity index (χ3v) is 3.26. The van der Waals surface area contributed by atoms with Crippen LogP contribution in [0.1, 0.15) is 0 Å². The zero-order chi connectivity index (χ0) is 16.6. The Morgan fingerprint density at radius 1 is 1.22 bits per heavy atom. The van der Waals surface area contributed by atoms with Gasteiger partial charge in [0.15, 0.2) is 17.3 Å². The Balaban J connectivity index is 2.22. The molecule has 0 aliphatic heterocycles. The molecular weight excluding hydrogens is 308 g/mol. The van der Waals surface area contributed by atoms with Crippen molar-refractivity contribution in [2.45, 2.75) is 0 Å². The zero-order valence-electron chi connectivity index (χ0n) is 11.9. The molecule has 1 heterocycles. The van der Waals surface area contributed by atoms with Gasteiger partial charge < -0.3 is 9.84 Å². The molecule has 0 fully saturated rings. The van der Waals surface area contributed by atoms with Crippen molar-refractivity contribution >= 4 is 0 Å². The maximum Gasteiger partial charge on any atom is 0.348 e. The van der Waals surface area contributed by atoms with Gasteiger partial charge in [0, 0.05) is 11.6 Å². The third kappa shape index (κ3) is 2.54. The van der Waals surface area contributed by atoms with Crippen LogP contribution in [0.5, 0.6) is 11.5 Å². The number of aromatic hydroxyl groups is 1. The molecule has 2 aromatic carbocycles. The van der Waals surface area contributed by atoms with E-state index in [1.807, 2.05) is 0 Å². The highest BCUT2D eigenvalue weighted by molar-refractivity contribution is 5.63. The van der Waals surface area contributed by atoms with Crippen molar-refractivity contribution in [1.82, 2.24) is 14.8 Å². The normalized spacial score (nSPS) is 10.7. The minimum atomic E-state index is -0.902. The molecule has 0 saturated heterocycles. The molecule has 2 N–H and O–H groups in total. The predicted molar refractivity (Wildman–Crippen MR) is 77.8 cm³/mol. The minimum Gasteiger partial charge on any atom is -0.504 e. The maximum absolute atomic E-state index is 14.0. The SMILES string of the molecule is COc1cc(-c2n[nH]c(=O)n2-c2ccc(F)cc2F)ccc1O. The molecule has 0 saturated carbocycles. The first kappa shape index (κ1) is 14.8. The summed E-state index contributed by atoms with van der Waals surface area (Å²) in [5, 5.41) is 15.7. The molecule has 118 valence electrons. The lowest BCUT2D eigenvalue weighted by Gasteiger charge is -2.09. The minimum absolute atomic E-state index is 0.0892. The first-order valence-electron chi connectivity index (χ1n) is 6.51. The Hall–Kier alpha value is -3.16. The quantitative estimate of drug-likeness (QED) is 0.776. The molecule has 0 atom stereocenters. The summed E-state index contributed by atoms with van der Waals surface area (Å²) in [5.74, 6) is -1.48. The highest BCUT2D eigenvalue weighted by atomic mass is 19.1. The van der Waals surface area contributed by atoms with Gasteiger partial charge in [-0.15, -0.1) is 0 Å². The molecule has 1 aromatic heterocycles. The second-order valence-electron chi connectivity index (χ2n) is 4.67. The van der Waals surface area contributed by atoms with Crippen LogP contribution in [0.4, 0.5) is 8.78 Å². The summed E-state index contributed by atoms with van der Waals surface area (Å²) in [6, 6.07) is 7.16. The van der Waals surface area contributed by atoms with E-state index < -0.39 is 17.3 Å². The summed E-state index contributed by atoms with van der Waals surface area (Å²) in [6.07, 6.45) is 0. The Morgan fingerprint density at radius 2 is 2.00 bits per heavy atom. The van der Waals surface area contributed by atoms with Gasteiger partial charge in [-0.3, -0.25) is 0 Å². The van der Waals surface area contributed by atoms with Crippen molar-refractivity contribution in [2.75, 3.05) is 7.11 Å². The summed E-state index contributed by atoms with van der Waals surface area (Å²) < 4.78 is 33.0. The van der Waals surface area contributed by atoms with Crippen molar-refractivity contribution in [2.24, 2.45) is 0 Å². The number of rotatable bonds is 3. The molecule has 3 rings (SSSR count). The van der Waals surface area contributed by atoms with Crippen LogP contribution in [-0.4, -0.2) is 27.0 Å². The number of halogens is 2. The molecule has 0 amide bonds. The van der Waals surface area contributed by atoms with Crippen molar-refractivity contribution in [3.63, 3.8) is 0 Å². The summed E-state index contributed by atoms with van der Waals surface area (Å²) >= 11 is 0. The van der Waals surface area contributed by atoms with Crippen LogP contribution in [0.15, 0.2) is 41.2 Å². The lowest BCUT2D eigenvalue weighted by atomic mass is 10.2. The third-order valence-electron chi connectivity index (χ3n) is 3.26. The van der Waals surface area contributed by atoms with Gasteiger partial charge in [0.1, 0.15) is 11.6 Å². The molecule has 0 radical (unpaired) electrons. The first-order valence-corrected chi connectivity index (χ1v) is 6.51. The largest absolute Gasteiger partial charge is 0.504 e. The van der Waals surface area contributed by atoms with Crippen molar-refractivity contribution in [1.29, 1.82) is 0 Å². The topological polar surface area (TPSA) is 80.1 Å². The Labute approximate surface area is 128 Å². The molecule has 6 nitrogen and oxygen atoms in total. The summed E-state index contributed by atoms with van der Waals surface area (Å²) in [7, 11) is 1.37. The number of benzene rings is 2. The fraction of sp³-hybridized carbons (Fsp3) is 0.0667. The van der Waals surface area contributed by atoms with E-state index in [2.05, 4.69) is 10.2 Å². The number of H-pyrrole nitrogens is 1. The van der Waals surface area contributed by atoms with Gasteiger partial charge in [-0.25, -0.2) is 23.2 Å². The maximum atomic E-state index is 14.0. The number of ether oxygens (including phenoxy) is 1. The second-order valence-corrected chi connectivity index (χ2v) is 4.67. The Bertz CT molecular complexity index is 934. The second kappa shape index (κ2) is 5.56. The molecule has 0 bridgehead atoms. The summed E-state index contributed by atoms with van der Waals surface area (Å²) in [4.78, 5) is 12.0. The van der Waals surface area contributed by atoms with Crippen molar-refractivity contribution in [3.05, 3.63) is 58.5 Å². The van der Waals surface area contributed by atoms with Gasteiger partial charge in [-0.05, 0) is 30.3 Å². The molecule has 23 heavy (non-hydrogen) atoms. The van der Waals surface area contributed by atoms with Crippen LogP contribution in [0.25, 0.3) is 17.1 Å². The van der Waals surface area contributed by atoms with Crippen LogP contribution in [0, 0.1) is 11.6 Å². The van der Waals surface area contributed by atoms with Crippen molar-refractivity contribution < 1.29 is 18.6 Å². The smallest absolute Gasteiger partial charge is 0.348 e. The zero-order valence-corrected chi connectivity index (χ0v) is 11.9. The van der Waals surface area contributed by atoms with E-state index in [-0.39, 0.29) is 23.0 Å². The van der Waals surface area contributed by atoms with Gasteiger partial charge in [0.2, 0.25) is 0 Å². The average molecular weight is 319 g/mol. The average Bonchev–Trinajstić information content (AvgIpc) is 2.90. The molecule has 0 spiro atoms. The highest BCUT2D eigenvalue weighted by Crippen LogP contribution is 2.31. The van der Waals surface area contributed by atoms with Gasteiger partial charge in [0.25, 0.3) is 0 Å². The monoisotopic (exact) mass is 319 g/mol. The first-order chi connectivity index (χ1) is 11.0. The van der Waals surface area contributed by atoms with E-state index in [1.165, 1.54) is 25.3 Å². The van der Waals surface area contributed by atoms with Gasteiger partial charge in [0.05, 0.1) is 12.8 Å². The number of methoxy groups -OCH3 is 1. The van der Waals surface area contributed by atoms with Gasteiger partial charge in [-0.2, -0.15) is 5.10 Å². The molecular formula is C15H11F2N3O3. The van der Waals surface area contributed by atoms with Crippen LogP contribution < -0.4 is 10.4 Å². The number of aromatic nitrogens is 3. The Morgan fingerprint density at radius 3 is 2.70 bits per heavy atom. The molecule has 0 unspecified atom stereocenters. The van der Waals surface area contributed by atoms with Crippen LogP contribution in [-0.2, 0) is 0 Å². The number of phenols is 1. The van der Waals surface area contributed by atoms with Crippen molar-refractivity contribution in [3.8, 4) is 28.6 Å². The number of phenolic OH excluding ortho intramolecular Hbond substituents is 1. The number of aromatic amines is 1. The van der Waals surface area contributed by atoms with E-state index in [0.29, 0.717) is 11.6 Å². The fourth-order valence-electron chi connectivity index (χ4n) is 2.19. The number of nitrogens with zero attached hydrogens (tertiary/aromatic N) is 2. The number of nitrogens with one attached hydrogen (secondary N) is 1. The van der Waals surface area contributed by atoms with E-state index in [9.17, 15) is 18.7 Å². The number of hydrogen-bond donors (Lipinski definition) is 2. The molecule has 0 aliphatic rings. The van der Waals surface area contributed by atoms with E-state index in [0.717, 1.165) is 16.7 Å². The summed E-state index contributed by atoms with van der Waals surface area (Å²) in [5.41, 5.74) is -0.425. The van der Waals surface area contributed by atoms with Gasteiger partial charge >= 0.3 is 5.69 Å². The van der Waals surface area contributed by atoms with Crippen LogP contribution >= 0.6 is 0 Å². The molecule has 8 heteroatoms. The van der Waals surface area contributed by atoms with Crippen LogP contribution in [0.3, 0.4) is 0 Å². The molecule has 3 aromatic rings. The molecule has 0 aliphatic carbocycles. The van der Waals surface area contributed by atoms with E-state index in [4.69, 9.17) is 4.74 Å².